The summed E-state index contributed by atoms with van der Waals surface area (Å²) in [5.41, 5.74) is -0.380. The number of unbranched alkanes of at least 4 members (excludes halogenated alkanes) is 2. The topological polar surface area (TPSA) is 149 Å². The van der Waals surface area contributed by atoms with E-state index >= 15 is 0 Å². The minimum Gasteiger partial charge on any atom is -0.481 e. The number of benzene rings is 1. The third-order valence-corrected chi connectivity index (χ3v) is 2.67. The second-order valence-electron chi connectivity index (χ2n) is 4.50. The van der Waals surface area contributed by atoms with Gasteiger partial charge in [0.05, 0.1) is 11.1 Å². The van der Waals surface area contributed by atoms with Crippen molar-refractivity contribution in [3.63, 3.8) is 0 Å². The molecule has 4 N–H and O–H groups in total. The Labute approximate surface area is 132 Å². The largest absolute Gasteiger partial charge is 0.481 e. The molecule has 0 amide bonds. The zero-order valence-electron chi connectivity index (χ0n) is 12.3. The van der Waals surface area contributed by atoms with E-state index in [0.717, 1.165) is 0 Å². The Bertz CT molecular complexity index is 515. The Balaban J connectivity index is 0.000000423. The first-order valence-electron chi connectivity index (χ1n) is 6.75. The molecule has 126 valence electrons. The fourth-order valence-electron chi connectivity index (χ4n) is 1.59. The van der Waals surface area contributed by atoms with Crippen LogP contribution in [0.3, 0.4) is 0 Å². The fourth-order valence-corrected chi connectivity index (χ4v) is 1.59. The predicted molar refractivity (Wildman–Crippen MR) is 78.7 cm³/mol. The van der Waals surface area contributed by atoms with Gasteiger partial charge in [-0.2, -0.15) is 0 Å². The van der Waals surface area contributed by atoms with Gasteiger partial charge in [0.1, 0.15) is 0 Å². The van der Waals surface area contributed by atoms with Gasteiger partial charge in [0.25, 0.3) is 0 Å². The molecule has 0 bridgehead atoms. The molecule has 0 aliphatic rings. The summed E-state index contributed by atoms with van der Waals surface area (Å²) in [6.07, 6.45) is 2.10. The van der Waals surface area contributed by atoms with E-state index < -0.39 is 23.9 Å². The van der Waals surface area contributed by atoms with Crippen molar-refractivity contribution in [2.75, 3.05) is 0 Å². The van der Waals surface area contributed by atoms with Crippen LogP contribution in [-0.2, 0) is 9.59 Å². The summed E-state index contributed by atoms with van der Waals surface area (Å²) in [4.78, 5) is 40.9. The normalized spacial score (nSPS) is 9.39. The van der Waals surface area contributed by atoms with E-state index in [-0.39, 0.29) is 24.0 Å². The maximum Gasteiger partial charge on any atom is 0.336 e. The molecule has 0 aliphatic heterocycles. The van der Waals surface area contributed by atoms with Crippen LogP contribution in [0.1, 0.15) is 52.8 Å². The van der Waals surface area contributed by atoms with Crippen molar-refractivity contribution < 1.29 is 39.6 Å². The Kier molecular flexibility index (Phi) is 9.42. The van der Waals surface area contributed by atoms with Crippen molar-refractivity contribution in [3.05, 3.63) is 35.4 Å². The van der Waals surface area contributed by atoms with E-state index in [1.54, 1.807) is 0 Å². The van der Waals surface area contributed by atoms with E-state index in [1.165, 1.54) is 24.3 Å². The molecule has 1 aromatic carbocycles. The van der Waals surface area contributed by atoms with Gasteiger partial charge in [-0.15, -0.1) is 0 Å². The molecule has 0 heterocycles. The number of carboxylic acids is 4. The van der Waals surface area contributed by atoms with Crippen LogP contribution in [0.15, 0.2) is 24.3 Å². The number of carboxylic acid groups (broad SMARTS) is 4. The number of hydrogen-bond donors (Lipinski definition) is 4. The van der Waals surface area contributed by atoms with Gasteiger partial charge in [0.2, 0.25) is 0 Å². The molecule has 0 unspecified atom stereocenters. The third-order valence-electron chi connectivity index (χ3n) is 2.67. The lowest BCUT2D eigenvalue weighted by Crippen LogP contribution is -2.06. The van der Waals surface area contributed by atoms with E-state index in [9.17, 15) is 19.2 Å². The Hall–Kier alpha value is -2.90. The van der Waals surface area contributed by atoms with Gasteiger partial charge < -0.3 is 20.4 Å². The summed E-state index contributed by atoms with van der Waals surface area (Å²) < 4.78 is 0. The van der Waals surface area contributed by atoms with Crippen molar-refractivity contribution in [1.82, 2.24) is 0 Å². The van der Waals surface area contributed by atoms with E-state index in [4.69, 9.17) is 20.4 Å². The highest BCUT2D eigenvalue weighted by Crippen LogP contribution is 2.07. The average Bonchev–Trinajstić information content (AvgIpc) is 2.46. The zero-order chi connectivity index (χ0) is 17.8. The summed E-state index contributed by atoms with van der Waals surface area (Å²) >= 11 is 0. The van der Waals surface area contributed by atoms with Gasteiger partial charge in [0.15, 0.2) is 0 Å². The highest BCUT2D eigenvalue weighted by Gasteiger charge is 2.13. The zero-order valence-corrected chi connectivity index (χ0v) is 12.3. The van der Waals surface area contributed by atoms with Crippen molar-refractivity contribution in [2.45, 2.75) is 32.1 Å². The highest BCUT2D eigenvalue weighted by atomic mass is 16.4. The first-order chi connectivity index (χ1) is 10.8. The summed E-state index contributed by atoms with van der Waals surface area (Å²) in [5, 5.41) is 33.5. The molecule has 0 atom stereocenters. The lowest BCUT2D eigenvalue weighted by molar-refractivity contribution is -0.137. The molecule has 1 aromatic rings. The molecule has 0 spiro atoms. The first-order valence-corrected chi connectivity index (χ1v) is 6.75. The third kappa shape index (κ3) is 9.62. The van der Waals surface area contributed by atoms with Crippen LogP contribution in [0.25, 0.3) is 0 Å². The standard InChI is InChI=1S/C8H6O4.C7H12O4/c9-7(10)5-3-1-2-4-6(5)8(11)12;8-6(9)4-2-1-3-5-7(10)11/h1-4H,(H,9,10)(H,11,12);1-5H2,(H,8,9)(H,10,11). The average molecular weight is 326 g/mol. The van der Waals surface area contributed by atoms with Crippen LogP contribution in [0, 0.1) is 0 Å². The maximum atomic E-state index is 10.5. The second kappa shape index (κ2) is 10.8. The van der Waals surface area contributed by atoms with Gasteiger partial charge in [0, 0.05) is 12.8 Å². The molecular weight excluding hydrogens is 308 g/mol. The first kappa shape index (κ1) is 20.1. The molecule has 8 heteroatoms. The second-order valence-corrected chi connectivity index (χ2v) is 4.50. The predicted octanol–water partition coefficient (Wildman–Crippen LogP) is 2.19. The quantitative estimate of drug-likeness (QED) is 0.531. The van der Waals surface area contributed by atoms with Crippen LogP contribution < -0.4 is 0 Å². The minimum absolute atomic E-state index is 0.139. The van der Waals surface area contributed by atoms with Crippen LogP contribution in [0.4, 0.5) is 0 Å². The van der Waals surface area contributed by atoms with Crippen molar-refractivity contribution in [1.29, 1.82) is 0 Å². The molecule has 1 rings (SSSR count). The Morgan fingerprint density at radius 2 is 1.00 bits per heavy atom. The molecular formula is C15H18O8. The number of aliphatic carboxylic acids is 2. The van der Waals surface area contributed by atoms with E-state index in [2.05, 4.69) is 0 Å². The fraction of sp³-hybridized carbons (Fsp3) is 0.333. The van der Waals surface area contributed by atoms with Gasteiger partial charge in [-0.1, -0.05) is 18.6 Å². The number of hydrogen-bond acceptors (Lipinski definition) is 4. The van der Waals surface area contributed by atoms with Gasteiger partial charge >= 0.3 is 23.9 Å². The Morgan fingerprint density at radius 1 is 0.652 bits per heavy atom. The van der Waals surface area contributed by atoms with E-state index in [1.807, 2.05) is 0 Å². The number of aromatic carboxylic acids is 2. The Morgan fingerprint density at radius 3 is 1.26 bits per heavy atom. The van der Waals surface area contributed by atoms with Crippen LogP contribution >= 0.6 is 0 Å². The van der Waals surface area contributed by atoms with Gasteiger partial charge in [-0.05, 0) is 25.0 Å². The lowest BCUT2D eigenvalue weighted by atomic mass is 10.1. The molecule has 0 aromatic heterocycles. The lowest BCUT2D eigenvalue weighted by Gasteiger charge is -1.98. The summed E-state index contributed by atoms with van der Waals surface area (Å²) in [6.45, 7) is 0. The van der Waals surface area contributed by atoms with Crippen molar-refractivity contribution in [2.24, 2.45) is 0 Å². The molecule has 0 radical (unpaired) electrons. The highest BCUT2D eigenvalue weighted by molar-refractivity contribution is 6.01. The van der Waals surface area contributed by atoms with E-state index in [0.29, 0.717) is 19.3 Å². The molecule has 0 saturated heterocycles. The maximum absolute atomic E-state index is 10.5. The summed E-state index contributed by atoms with van der Waals surface area (Å²) in [7, 11) is 0. The molecule has 8 nitrogen and oxygen atoms in total. The minimum atomic E-state index is -1.23. The monoisotopic (exact) mass is 326 g/mol. The van der Waals surface area contributed by atoms with Crippen molar-refractivity contribution >= 4 is 23.9 Å². The van der Waals surface area contributed by atoms with Gasteiger partial charge in [-0.3, -0.25) is 9.59 Å². The van der Waals surface area contributed by atoms with Crippen LogP contribution in [0.5, 0.6) is 0 Å². The summed E-state index contributed by atoms with van der Waals surface area (Å²) in [5.74, 6) is -4.10. The van der Waals surface area contributed by atoms with Crippen LogP contribution in [-0.4, -0.2) is 44.3 Å². The summed E-state index contributed by atoms with van der Waals surface area (Å²) in [6, 6.07) is 5.48. The smallest absolute Gasteiger partial charge is 0.336 e. The van der Waals surface area contributed by atoms with Crippen LogP contribution in [0.2, 0.25) is 0 Å². The molecule has 0 saturated carbocycles. The SMILES string of the molecule is O=C(O)CCCCCC(=O)O.O=C(O)c1ccccc1C(=O)O. The number of carbonyl (C=O) groups is 4. The molecule has 0 aliphatic carbocycles. The van der Waals surface area contributed by atoms with Crippen molar-refractivity contribution in [3.8, 4) is 0 Å². The van der Waals surface area contributed by atoms with Gasteiger partial charge in [-0.25, -0.2) is 9.59 Å². The number of rotatable bonds is 8. The molecule has 23 heavy (non-hydrogen) atoms. The molecule has 0 fully saturated rings.